The van der Waals surface area contributed by atoms with Crippen LogP contribution in [0.3, 0.4) is 0 Å². The average molecular weight is 407 g/mol. The molecule has 0 unspecified atom stereocenters. The van der Waals surface area contributed by atoms with E-state index < -0.39 is 0 Å². The van der Waals surface area contributed by atoms with Gasteiger partial charge >= 0.3 is 0 Å². The molecule has 6 heteroatoms. The molecule has 1 aliphatic heterocycles. The van der Waals surface area contributed by atoms with E-state index in [1.54, 1.807) is 0 Å². The maximum atomic E-state index is 5.05. The van der Waals surface area contributed by atoms with Crippen molar-refractivity contribution in [1.29, 1.82) is 0 Å². The summed E-state index contributed by atoms with van der Waals surface area (Å²) in [5.74, 6) is 0. The second-order valence-corrected chi connectivity index (χ2v) is 9.27. The normalized spacial score (nSPS) is 11.4. The van der Waals surface area contributed by atoms with Gasteiger partial charge in [-0.05, 0) is 41.4 Å². The first-order valence-corrected chi connectivity index (χ1v) is 10.3. The predicted molar refractivity (Wildman–Crippen MR) is 120 cm³/mol. The van der Waals surface area contributed by atoms with Crippen molar-refractivity contribution in [2.24, 2.45) is 0 Å². The van der Waals surface area contributed by atoms with Crippen LogP contribution in [0.1, 0.15) is 11.1 Å². The van der Waals surface area contributed by atoms with E-state index in [4.69, 9.17) is 24.4 Å². The molecule has 132 valence electrons. The molecule has 1 heterocycles. The number of thioether (sulfide) groups is 1. The van der Waals surface area contributed by atoms with Crippen LogP contribution in [0.5, 0.6) is 0 Å². The topological polar surface area (TPSA) is 6.48 Å². The van der Waals surface area contributed by atoms with Crippen LogP contribution in [-0.4, -0.2) is 46.6 Å². The molecule has 2 aromatic rings. The molecule has 0 radical (unpaired) electrons. The van der Waals surface area contributed by atoms with Gasteiger partial charge in [0.25, 0.3) is 0 Å². The van der Waals surface area contributed by atoms with E-state index in [0.29, 0.717) is 0 Å². The second-order valence-electron chi connectivity index (χ2n) is 5.92. The van der Waals surface area contributed by atoms with E-state index in [0.717, 1.165) is 15.1 Å². The summed E-state index contributed by atoms with van der Waals surface area (Å²) in [5.41, 5.74) is 2.91. The van der Waals surface area contributed by atoms with Crippen molar-refractivity contribution in [3.05, 3.63) is 59.7 Å². The summed E-state index contributed by atoms with van der Waals surface area (Å²) in [4.78, 5) is 6.56. The predicted octanol–water partition coefficient (Wildman–Crippen LogP) is 5.15. The Labute approximate surface area is 170 Å². The van der Waals surface area contributed by atoms with E-state index in [-0.39, 0.29) is 0 Å². The van der Waals surface area contributed by atoms with Crippen LogP contribution >= 0.6 is 48.0 Å². The molecule has 0 atom stereocenters. The Balaban J connectivity index is 0.000000188. The Morgan fingerprint density at radius 2 is 1.20 bits per heavy atom. The number of benzene rings is 2. The fourth-order valence-corrected chi connectivity index (χ4v) is 4.30. The van der Waals surface area contributed by atoms with Crippen LogP contribution in [-0.2, 0) is 6.42 Å². The van der Waals surface area contributed by atoms with Crippen molar-refractivity contribution in [3.8, 4) is 0 Å². The standard InChI is InChI=1S/C13H10S.C6H12N2S3/c1-3-7-12-10(5-1)9-11-6-2-4-8-13(11)14-12;1-7(2)5(9)11-6(10)8(3)4/h1-8H,9H2;1-4H3. The molecule has 3 rings (SSSR count). The average Bonchev–Trinajstić information content (AvgIpc) is 2.60. The van der Waals surface area contributed by atoms with Gasteiger partial charge in [0, 0.05) is 38.0 Å². The zero-order chi connectivity index (χ0) is 18.4. The lowest BCUT2D eigenvalue weighted by Gasteiger charge is -2.17. The summed E-state index contributed by atoms with van der Waals surface area (Å²) in [6.07, 6.45) is 1.08. The highest BCUT2D eigenvalue weighted by atomic mass is 32.2. The Hall–Kier alpha value is -1.08. The first-order valence-electron chi connectivity index (χ1n) is 7.82. The number of thiocarbonyl (C=S) groups is 2. The monoisotopic (exact) mass is 406 g/mol. The van der Waals surface area contributed by atoms with E-state index in [2.05, 4.69) is 48.5 Å². The molecule has 0 fully saturated rings. The maximum Gasteiger partial charge on any atom is 0.142 e. The molecule has 0 spiro atoms. The van der Waals surface area contributed by atoms with Crippen LogP contribution in [0.25, 0.3) is 0 Å². The van der Waals surface area contributed by atoms with E-state index in [1.165, 1.54) is 32.7 Å². The molecule has 0 bridgehead atoms. The highest BCUT2D eigenvalue weighted by molar-refractivity contribution is 8.37. The number of fused-ring (bicyclic) bond motifs is 2. The summed E-state index contributed by atoms with van der Waals surface area (Å²) < 4.78 is 1.59. The highest BCUT2D eigenvalue weighted by Crippen LogP contribution is 2.38. The van der Waals surface area contributed by atoms with Crippen molar-refractivity contribution < 1.29 is 0 Å². The smallest absolute Gasteiger partial charge is 0.142 e. The van der Waals surface area contributed by atoms with E-state index >= 15 is 0 Å². The summed E-state index contributed by atoms with van der Waals surface area (Å²) in [6.45, 7) is 0. The quantitative estimate of drug-likeness (QED) is 0.473. The number of nitrogens with zero attached hydrogens (tertiary/aromatic N) is 2. The summed E-state index contributed by atoms with van der Waals surface area (Å²) in [7, 11) is 7.64. The van der Waals surface area contributed by atoms with Crippen LogP contribution in [0.15, 0.2) is 58.3 Å². The SMILES string of the molecule is CN(C)C(=S)SC(=S)N(C)C.c1ccc2c(c1)Cc1ccccc1S2. The van der Waals surface area contributed by atoms with Crippen molar-refractivity contribution in [2.45, 2.75) is 16.2 Å². The molecule has 0 N–H and O–H groups in total. The van der Waals surface area contributed by atoms with Gasteiger partial charge in [0.1, 0.15) is 8.64 Å². The van der Waals surface area contributed by atoms with Gasteiger partial charge in [-0.15, -0.1) is 0 Å². The molecule has 2 nitrogen and oxygen atoms in total. The second kappa shape index (κ2) is 9.57. The molecular weight excluding hydrogens is 384 g/mol. The van der Waals surface area contributed by atoms with Gasteiger partial charge in [-0.1, -0.05) is 72.6 Å². The molecule has 2 aromatic carbocycles. The lowest BCUT2D eigenvalue weighted by molar-refractivity contribution is 0.643. The van der Waals surface area contributed by atoms with Gasteiger partial charge in [-0.25, -0.2) is 0 Å². The summed E-state index contributed by atoms with van der Waals surface area (Å²) in [6, 6.07) is 17.3. The molecule has 1 aliphatic rings. The molecule has 0 amide bonds. The third kappa shape index (κ3) is 5.99. The summed E-state index contributed by atoms with van der Waals surface area (Å²) >= 11 is 13.4. The molecule has 25 heavy (non-hydrogen) atoms. The minimum absolute atomic E-state index is 0.795. The van der Waals surface area contributed by atoms with Gasteiger partial charge < -0.3 is 9.80 Å². The lowest BCUT2D eigenvalue weighted by Crippen LogP contribution is -2.23. The van der Waals surface area contributed by atoms with Gasteiger partial charge in [-0.2, -0.15) is 0 Å². The number of hydrogen-bond acceptors (Lipinski definition) is 4. The van der Waals surface area contributed by atoms with Gasteiger partial charge in [0.2, 0.25) is 0 Å². The maximum absolute atomic E-state index is 5.05. The Bertz CT molecular complexity index is 651. The molecule has 0 aromatic heterocycles. The Morgan fingerprint density at radius 1 is 0.800 bits per heavy atom. The molecule has 0 saturated carbocycles. The van der Waals surface area contributed by atoms with Crippen LogP contribution in [0, 0.1) is 0 Å². The minimum atomic E-state index is 0.795. The minimum Gasteiger partial charge on any atom is -0.363 e. The zero-order valence-corrected chi connectivity index (χ0v) is 18.1. The lowest BCUT2D eigenvalue weighted by atomic mass is 10.0. The van der Waals surface area contributed by atoms with Gasteiger partial charge in [-0.3, -0.25) is 0 Å². The van der Waals surface area contributed by atoms with Crippen LogP contribution in [0.2, 0.25) is 0 Å². The third-order valence-corrected chi connectivity index (χ3v) is 7.00. The third-order valence-electron chi connectivity index (χ3n) is 3.45. The first kappa shape index (κ1) is 20.2. The molecule has 0 aliphatic carbocycles. The van der Waals surface area contributed by atoms with Gasteiger partial charge in [0.15, 0.2) is 0 Å². The number of hydrogen-bond donors (Lipinski definition) is 0. The summed E-state index contributed by atoms with van der Waals surface area (Å²) in [5, 5.41) is 0. The number of rotatable bonds is 0. The Morgan fingerprint density at radius 3 is 1.60 bits per heavy atom. The fourth-order valence-electron chi connectivity index (χ4n) is 2.08. The first-order chi connectivity index (χ1) is 11.9. The van der Waals surface area contributed by atoms with Crippen molar-refractivity contribution in [3.63, 3.8) is 0 Å². The molecular formula is C19H22N2S4. The van der Waals surface area contributed by atoms with Crippen molar-refractivity contribution in [1.82, 2.24) is 9.80 Å². The van der Waals surface area contributed by atoms with E-state index in [1.807, 2.05) is 49.8 Å². The van der Waals surface area contributed by atoms with E-state index in [9.17, 15) is 0 Å². The van der Waals surface area contributed by atoms with Crippen molar-refractivity contribution in [2.75, 3.05) is 28.2 Å². The Kier molecular flexibility index (Phi) is 7.75. The van der Waals surface area contributed by atoms with Crippen LogP contribution in [0.4, 0.5) is 0 Å². The molecule has 0 saturated heterocycles. The highest BCUT2D eigenvalue weighted by Gasteiger charge is 2.13. The fraction of sp³-hybridized carbons (Fsp3) is 0.263. The van der Waals surface area contributed by atoms with Gasteiger partial charge in [0.05, 0.1) is 0 Å². The van der Waals surface area contributed by atoms with Crippen molar-refractivity contribution >= 4 is 56.6 Å². The zero-order valence-electron chi connectivity index (χ0n) is 14.9. The largest absolute Gasteiger partial charge is 0.363 e. The van der Waals surface area contributed by atoms with Crippen LogP contribution < -0.4 is 0 Å².